The normalized spacial score (nSPS) is 14.6. The van der Waals surface area contributed by atoms with Gasteiger partial charge in [0.15, 0.2) is 0 Å². The summed E-state index contributed by atoms with van der Waals surface area (Å²) in [6.45, 7) is 9.37. The van der Waals surface area contributed by atoms with Crippen molar-refractivity contribution >= 4 is 34.0 Å². The van der Waals surface area contributed by atoms with E-state index < -0.39 is 0 Å². The molecule has 1 aliphatic rings. The Kier molecular flexibility index (Phi) is 7.40. The summed E-state index contributed by atoms with van der Waals surface area (Å²) in [5.74, 6) is -0.0929. The van der Waals surface area contributed by atoms with Gasteiger partial charge in [-0.3, -0.25) is 19.9 Å². The largest absolute Gasteiger partial charge is 0.377 e. The van der Waals surface area contributed by atoms with Crippen LogP contribution >= 0.6 is 11.3 Å². The molecule has 8 nitrogen and oxygen atoms in total. The van der Waals surface area contributed by atoms with Crippen LogP contribution in [0.3, 0.4) is 0 Å². The molecule has 1 fully saturated rings. The number of carbonyl (C=O) groups excluding carboxylic acids is 2. The molecule has 3 heterocycles. The van der Waals surface area contributed by atoms with E-state index in [1.807, 2.05) is 67.2 Å². The second kappa shape index (κ2) is 10.3. The van der Waals surface area contributed by atoms with E-state index in [0.717, 1.165) is 34.9 Å². The molecule has 1 saturated heterocycles. The molecule has 0 saturated carbocycles. The van der Waals surface area contributed by atoms with Gasteiger partial charge in [-0.2, -0.15) is 0 Å². The molecule has 2 aromatic heterocycles. The van der Waals surface area contributed by atoms with Crippen molar-refractivity contribution in [2.45, 2.75) is 51.9 Å². The predicted molar refractivity (Wildman–Crippen MR) is 144 cm³/mol. The molecule has 0 bridgehead atoms. The molecular formula is C27H34N6O2S. The van der Waals surface area contributed by atoms with Crippen LogP contribution in [0.4, 0.5) is 10.8 Å². The van der Waals surface area contributed by atoms with E-state index in [-0.39, 0.29) is 23.1 Å². The van der Waals surface area contributed by atoms with E-state index in [9.17, 15) is 9.59 Å². The number of benzene rings is 1. The molecule has 0 unspecified atom stereocenters. The molecule has 1 aromatic carbocycles. The van der Waals surface area contributed by atoms with Gasteiger partial charge in [0.25, 0.3) is 11.8 Å². The standard InChI is InChI=1S/C27H34N6O2S/c1-17-11-12-20(23(34)29-26-31-30-25(36-26)27(2,3)4)22(28-17)18-13-15-33(16-14-18)24(35)19-9-7-8-10-21(19)32(5)6/h7-12,18H,13-16H2,1-6H3,(H,29,31,34). The van der Waals surface area contributed by atoms with Gasteiger partial charge >= 0.3 is 0 Å². The number of anilines is 2. The van der Waals surface area contributed by atoms with Gasteiger partial charge in [-0.25, -0.2) is 0 Å². The smallest absolute Gasteiger partial charge is 0.259 e. The van der Waals surface area contributed by atoms with Crippen LogP contribution in [0.15, 0.2) is 36.4 Å². The van der Waals surface area contributed by atoms with Crippen molar-refractivity contribution in [3.05, 3.63) is 63.9 Å². The zero-order valence-electron chi connectivity index (χ0n) is 21.8. The SMILES string of the molecule is Cc1ccc(C(=O)Nc2nnc(C(C)(C)C)s2)c(C2CCN(C(=O)c3ccccc3N(C)C)CC2)n1. The Balaban J connectivity index is 1.49. The van der Waals surface area contributed by atoms with Crippen molar-refractivity contribution in [3.8, 4) is 0 Å². The topological polar surface area (TPSA) is 91.3 Å². The van der Waals surface area contributed by atoms with Crippen molar-refractivity contribution in [2.75, 3.05) is 37.4 Å². The lowest BCUT2D eigenvalue weighted by Gasteiger charge is -2.33. The fourth-order valence-corrected chi connectivity index (χ4v) is 5.19. The number of likely N-dealkylation sites (tertiary alicyclic amines) is 1. The van der Waals surface area contributed by atoms with Crippen LogP contribution in [0.25, 0.3) is 0 Å². The third kappa shape index (κ3) is 5.56. The molecule has 0 atom stereocenters. The van der Waals surface area contributed by atoms with Crippen LogP contribution in [0.5, 0.6) is 0 Å². The van der Waals surface area contributed by atoms with Crippen LogP contribution in [-0.2, 0) is 5.41 Å². The monoisotopic (exact) mass is 506 g/mol. The summed E-state index contributed by atoms with van der Waals surface area (Å²) >= 11 is 1.39. The summed E-state index contributed by atoms with van der Waals surface area (Å²) in [6.07, 6.45) is 1.50. The number of hydrogen-bond donors (Lipinski definition) is 1. The van der Waals surface area contributed by atoms with Crippen molar-refractivity contribution in [2.24, 2.45) is 0 Å². The minimum atomic E-state index is -0.229. The third-order valence-corrected chi connectivity index (χ3v) is 7.65. The highest BCUT2D eigenvalue weighted by Gasteiger charge is 2.30. The molecule has 0 aliphatic carbocycles. The second-order valence-corrected chi connectivity index (χ2v) is 11.5. The summed E-state index contributed by atoms with van der Waals surface area (Å²) in [7, 11) is 3.89. The number of amides is 2. The first-order valence-electron chi connectivity index (χ1n) is 12.2. The lowest BCUT2D eigenvalue weighted by atomic mass is 9.89. The highest BCUT2D eigenvalue weighted by atomic mass is 32.1. The maximum Gasteiger partial charge on any atom is 0.259 e. The van der Waals surface area contributed by atoms with Crippen molar-refractivity contribution in [3.63, 3.8) is 0 Å². The molecule has 0 spiro atoms. The average Bonchev–Trinajstić information content (AvgIpc) is 3.32. The zero-order valence-corrected chi connectivity index (χ0v) is 22.6. The van der Waals surface area contributed by atoms with Gasteiger partial charge in [-0.05, 0) is 44.0 Å². The molecule has 4 rings (SSSR count). The molecular weight excluding hydrogens is 472 g/mol. The van der Waals surface area contributed by atoms with Gasteiger partial charge in [-0.1, -0.05) is 44.2 Å². The summed E-state index contributed by atoms with van der Waals surface area (Å²) in [6, 6.07) is 11.4. The fourth-order valence-electron chi connectivity index (χ4n) is 4.39. The van der Waals surface area contributed by atoms with Crippen LogP contribution in [-0.4, -0.2) is 59.1 Å². The first-order chi connectivity index (χ1) is 17.0. The molecule has 0 radical (unpaired) electrons. The number of hydrogen-bond acceptors (Lipinski definition) is 7. The van der Waals surface area contributed by atoms with Gasteiger partial charge in [0.05, 0.1) is 16.8 Å². The van der Waals surface area contributed by atoms with Gasteiger partial charge in [0.1, 0.15) is 5.01 Å². The Labute approximate surface area is 216 Å². The minimum absolute atomic E-state index is 0.0406. The summed E-state index contributed by atoms with van der Waals surface area (Å²) < 4.78 is 0. The molecule has 9 heteroatoms. The number of piperidine rings is 1. The first-order valence-corrected chi connectivity index (χ1v) is 13.0. The number of nitrogens with zero attached hydrogens (tertiary/aromatic N) is 5. The van der Waals surface area contributed by atoms with Gasteiger partial charge in [0.2, 0.25) is 5.13 Å². The lowest BCUT2D eigenvalue weighted by molar-refractivity contribution is 0.0711. The molecule has 36 heavy (non-hydrogen) atoms. The quantitative estimate of drug-likeness (QED) is 0.531. The van der Waals surface area contributed by atoms with E-state index in [1.54, 1.807) is 0 Å². The van der Waals surface area contributed by atoms with Crippen LogP contribution in [0.2, 0.25) is 0 Å². The molecule has 190 valence electrons. The number of carbonyl (C=O) groups is 2. The van der Waals surface area contributed by atoms with Crippen LogP contribution in [0.1, 0.15) is 76.6 Å². The average molecular weight is 507 g/mol. The number of nitrogens with one attached hydrogen (secondary N) is 1. The van der Waals surface area contributed by atoms with E-state index in [2.05, 4.69) is 36.3 Å². The highest BCUT2D eigenvalue weighted by molar-refractivity contribution is 7.15. The molecule has 3 aromatic rings. The van der Waals surface area contributed by atoms with E-state index >= 15 is 0 Å². The Bertz CT molecular complexity index is 1260. The van der Waals surface area contributed by atoms with E-state index in [4.69, 9.17) is 4.98 Å². The Morgan fingerprint density at radius 1 is 1.03 bits per heavy atom. The predicted octanol–water partition coefficient (Wildman–Crippen LogP) is 4.88. The minimum Gasteiger partial charge on any atom is -0.377 e. The van der Waals surface area contributed by atoms with Crippen molar-refractivity contribution < 1.29 is 9.59 Å². The van der Waals surface area contributed by atoms with E-state index in [0.29, 0.717) is 29.3 Å². The number of pyridine rings is 1. The third-order valence-electron chi connectivity index (χ3n) is 6.38. The Hall–Kier alpha value is -3.33. The molecule has 1 aliphatic heterocycles. The summed E-state index contributed by atoms with van der Waals surface area (Å²) in [4.78, 5) is 35.1. The second-order valence-electron chi connectivity index (χ2n) is 10.5. The van der Waals surface area contributed by atoms with Crippen molar-refractivity contribution in [1.82, 2.24) is 20.1 Å². The maximum absolute atomic E-state index is 13.3. The Morgan fingerprint density at radius 3 is 2.36 bits per heavy atom. The van der Waals surface area contributed by atoms with Crippen molar-refractivity contribution in [1.29, 1.82) is 0 Å². The number of para-hydroxylation sites is 1. The van der Waals surface area contributed by atoms with Crippen LogP contribution < -0.4 is 10.2 Å². The van der Waals surface area contributed by atoms with Gasteiger partial charge < -0.3 is 9.80 Å². The van der Waals surface area contributed by atoms with Gasteiger partial charge in [-0.15, -0.1) is 10.2 Å². The van der Waals surface area contributed by atoms with E-state index in [1.165, 1.54) is 11.3 Å². The highest BCUT2D eigenvalue weighted by Crippen LogP contribution is 2.32. The number of aryl methyl sites for hydroxylation is 1. The molecule has 2 amide bonds. The maximum atomic E-state index is 13.3. The van der Waals surface area contributed by atoms with Crippen LogP contribution in [0, 0.1) is 6.92 Å². The number of rotatable bonds is 5. The fraction of sp³-hybridized carbons (Fsp3) is 0.444. The van der Waals surface area contributed by atoms with Gasteiger partial charge in [0, 0.05) is 49.9 Å². The number of aromatic nitrogens is 3. The first kappa shape index (κ1) is 25.8. The zero-order chi connectivity index (χ0) is 26.0. The molecule has 1 N–H and O–H groups in total. The Morgan fingerprint density at radius 2 is 1.72 bits per heavy atom. The summed E-state index contributed by atoms with van der Waals surface area (Å²) in [5, 5.41) is 12.6. The summed E-state index contributed by atoms with van der Waals surface area (Å²) in [5.41, 5.74) is 3.70. The lowest BCUT2D eigenvalue weighted by Crippen LogP contribution is -2.39.